The van der Waals surface area contributed by atoms with Crippen LogP contribution in [0.4, 0.5) is 0 Å². The highest BCUT2D eigenvalue weighted by molar-refractivity contribution is 7.99. The van der Waals surface area contributed by atoms with Gasteiger partial charge in [-0.15, -0.1) is 10.2 Å². The molecule has 35 heavy (non-hydrogen) atoms. The molecule has 0 fully saturated rings. The van der Waals surface area contributed by atoms with Gasteiger partial charge in [0.15, 0.2) is 11.0 Å². The molecule has 4 aromatic rings. The molecule has 0 atom stereocenters. The SMILES string of the molecule is COc1ccc(CC(=O)NNC(=O)CSc2nnc(-c3ccncc3)n2-c2ccc(Cl)cc2)cc1. The predicted molar refractivity (Wildman–Crippen MR) is 133 cm³/mol. The van der Waals surface area contributed by atoms with Gasteiger partial charge in [0.05, 0.1) is 19.3 Å². The van der Waals surface area contributed by atoms with Gasteiger partial charge in [-0.25, -0.2) is 0 Å². The van der Waals surface area contributed by atoms with E-state index in [1.165, 1.54) is 11.8 Å². The van der Waals surface area contributed by atoms with Crippen LogP contribution in [0.25, 0.3) is 17.1 Å². The molecule has 2 amide bonds. The van der Waals surface area contributed by atoms with Crippen LogP contribution in [0, 0.1) is 0 Å². The van der Waals surface area contributed by atoms with Crippen molar-refractivity contribution in [1.82, 2.24) is 30.6 Å². The van der Waals surface area contributed by atoms with Crippen LogP contribution in [0.3, 0.4) is 0 Å². The quantitative estimate of drug-likeness (QED) is 0.277. The van der Waals surface area contributed by atoms with E-state index in [0.717, 1.165) is 16.8 Å². The minimum atomic E-state index is -0.380. The first-order chi connectivity index (χ1) is 17.0. The molecule has 0 unspecified atom stereocenters. The van der Waals surface area contributed by atoms with Gasteiger partial charge in [-0.3, -0.25) is 30.0 Å². The van der Waals surface area contributed by atoms with Crippen molar-refractivity contribution >= 4 is 35.2 Å². The zero-order chi connectivity index (χ0) is 24.6. The monoisotopic (exact) mass is 508 g/mol. The van der Waals surface area contributed by atoms with Crippen LogP contribution < -0.4 is 15.6 Å². The number of aromatic nitrogens is 4. The van der Waals surface area contributed by atoms with Crippen molar-refractivity contribution in [3.8, 4) is 22.8 Å². The molecule has 2 heterocycles. The second-order valence-electron chi connectivity index (χ2n) is 7.26. The third kappa shape index (κ3) is 6.37. The number of rotatable bonds is 8. The number of carbonyl (C=O) groups is 2. The van der Waals surface area contributed by atoms with Gasteiger partial charge < -0.3 is 4.74 Å². The summed E-state index contributed by atoms with van der Waals surface area (Å²) >= 11 is 7.24. The molecule has 0 aliphatic carbocycles. The number of methoxy groups -OCH3 is 1. The molecular formula is C24H21ClN6O3S. The summed E-state index contributed by atoms with van der Waals surface area (Å²) in [6.45, 7) is 0. The Hall–Kier alpha value is -3.89. The molecule has 0 aliphatic rings. The lowest BCUT2D eigenvalue weighted by Gasteiger charge is -2.11. The number of hydrogen-bond acceptors (Lipinski definition) is 7. The minimum absolute atomic E-state index is 0.0187. The summed E-state index contributed by atoms with van der Waals surface area (Å²) in [7, 11) is 1.58. The zero-order valence-electron chi connectivity index (χ0n) is 18.6. The van der Waals surface area contributed by atoms with Crippen LogP contribution in [0.5, 0.6) is 5.75 Å². The normalized spacial score (nSPS) is 10.6. The van der Waals surface area contributed by atoms with E-state index in [1.54, 1.807) is 55.9 Å². The Morgan fingerprint density at radius 1 is 0.943 bits per heavy atom. The second kappa shape index (κ2) is 11.5. The first-order valence-corrected chi connectivity index (χ1v) is 11.8. The van der Waals surface area contributed by atoms with E-state index in [-0.39, 0.29) is 24.0 Å². The van der Waals surface area contributed by atoms with Crippen molar-refractivity contribution in [1.29, 1.82) is 0 Å². The number of pyridine rings is 1. The maximum atomic E-state index is 12.4. The van der Waals surface area contributed by atoms with E-state index in [4.69, 9.17) is 16.3 Å². The van der Waals surface area contributed by atoms with Crippen LogP contribution in [0.2, 0.25) is 5.02 Å². The molecule has 11 heteroatoms. The number of hydrogen-bond donors (Lipinski definition) is 2. The third-order valence-electron chi connectivity index (χ3n) is 4.85. The zero-order valence-corrected chi connectivity index (χ0v) is 20.2. The average molecular weight is 509 g/mol. The number of amides is 2. The summed E-state index contributed by atoms with van der Waals surface area (Å²) in [5.41, 5.74) is 7.28. The fourth-order valence-electron chi connectivity index (χ4n) is 3.15. The summed E-state index contributed by atoms with van der Waals surface area (Å²) < 4.78 is 6.94. The molecule has 0 saturated heterocycles. The van der Waals surface area contributed by atoms with Gasteiger partial charge in [0, 0.05) is 28.7 Å². The van der Waals surface area contributed by atoms with Gasteiger partial charge in [0.2, 0.25) is 11.8 Å². The second-order valence-corrected chi connectivity index (χ2v) is 8.64. The van der Waals surface area contributed by atoms with Crippen LogP contribution in [0.1, 0.15) is 5.56 Å². The Kier molecular flexibility index (Phi) is 7.96. The van der Waals surface area contributed by atoms with Crippen molar-refractivity contribution in [2.75, 3.05) is 12.9 Å². The number of carbonyl (C=O) groups excluding carboxylic acids is 2. The first-order valence-electron chi connectivity index (χ1n) is 10.5. The molecule has 0 aliphatic heterocycles. The number of nitrogens with zero attached hydrogens (tertiary/aromatic N) is 4. The molecule has 4 rings (SSSR count). The molecule has 0 spiro atoms. The molecule has 2 aromatic heterocycles. The van der Waals surface area contributed by atoms with Crippen molar-refractivity contribution in [3.05, 3.63) is 83.6 Å². The molecule has 0 saturated carbocycles. The van der Waals surface area contributed by atoms with Crippen LogP contribution in [0.15, 0.2) is 78.2 Å². The Labute approximate surface area is 210 Å². The lowest BCUT2D eigenvalue weighted by atomic mass is 10.1. The Bertz CT molecular complexity index is 1300. The minimum Gasteiger partial charge on any atom is -0.497 e. The van der Waals surface area contributed by atoms with Gasteiger partial charge in [0.1, 0.15) is 5.75 Å². The summed E-state index contributed by atoms with van der Waals surface area (Å²) in [5, 5.41) is 9.71. The van der Waals surface area contributed by atoms with Crippen molar-refractivity contribution < 1.29 is 14.3 Å². The van der Waals surface area contributed by atoms with Crippen molar-refractivity contribution in [2.24, 2.45) is 0 Å². The van der Waals surface area contributed by atoms with E-state index in [1.807, 2.05) is 28.8 Å². The maximum absolute atomic E-state index is 12.4. The predicted octanol–water partition coefficient (Wildman–Crippen LogP) is 3.47. The first kappa shape index (κ1) is 24.2. The highest BCUT2D eigenvalue weighted by Gasteiger charge is 2.17. The highest BCUT2D eigenvalue weighted by atomic mass is 35.5. The summed E-state index contributed by atoms with van der Waals surface area (Å²) in [6.07, 6.45) is 3.47. The van der Waals surface area contributed by atoms with E-state index < -0.39 is 0 Å². The molecule has 2 aromatic carbocycles. The van der Waals surface area contributed by atoms with Crippen molar-refractivity contribution in [3.63, 3.8) is 0 Å². The summed E-state index contributed by atoms with van der Waals surface area (Å²) in [4.78, 5) is 28.6. The topological polar surface area (TPSA) is 111 Å². The van der Waals surface area contributed by atoms with E-state index in [2.05, 4.69) is 26.0 Å². The van der Waals surface area contributed by atoms with Crippen molar-refractivity contribution in [2.45, 2.75) is 11.6 Å². The van der Waals surface area contributed by atoms with Crippen LogP contribution >= 0.6 is 23.4 Å². The fourth-order valence-corrected chi connectivity index (χ4v) is 4.03. The van der Waals surface area contributed by atoms with Crippen LogP contribution in [-0.2, 0) is 16.0 Å². The molecule has 0 bridgehead atoms. The number of benzene rings is 2. The summed E-state index contributed by atoms with van der Waals surface area (Å²) in [6, 6.07) is 18.0. The van der Waals surface area contributed by atoms with Gasteiger partial charge in [-0.1, -0.05) is 35.5 Å². The molecule has 0 radical (unpaired) electrons. The lowest BCUT2D eigenvalue weighted by molar-refractivity contribution is -0.127. The average Bonchev–Trinajstić information content (AvgIpc) is 3.31. The number of nitrogens with one attached hydrogen (secondary N) is 2. The van der Waals surface area contributed by atoms with E-state index >= 15 is 0 Å². The molecule has 178 valence electrons. The maximum Gasteiger partial charge on any atom is 0.248 e. The lowest BCUT2D eigenvalue weighted by Crippen LogP contribution is -2.43. The van der Waals surface area contributed by atoms with Gasteiger partial charge >= 0.3 is 0 Å². The van der Waals surface area contributed by atoms with Gasteiger partial charge in [-0.2, -0.15) is 0 Å². The largest absolute Gasteiger partial charge is 0.497 e. The Balaban J connectivity index is 1.39. The van der Waals surface area contributed by atoms with Gasteiger partial charge in [0.25, 0.3) is 0 Å². The Morgan fingerprint density at radius 2 is 1.63 bits per heavy atom. The van der Waals surface area contributed by atoms with E-state index in [0.29, 0.717) is 21.8 Å². The van der Waals surface area contributed by atoms with Gasteiger partial charge in [-0.05, 0) is 54.1 Å². The summed E-state index contributed by atoms with van der Waals surface area (Å²) in [5.74, 6) is 0.612. The molecule has 2 N–H and O–H groups in total. The number of hydrazine groups is 1. The highest BCUT2D eigenvalue weighted by Crippen LogP contribution is 2.28. The standard InChI is InChI=1S/C24H21ClN6O3S/c1-34-20-8-2-16(3-9-20)14-21(32)27-28-22(33)15-35-24-30-29-23(17-10-12-26-13-11-17)31(24)19-6-4-18(25)5-7-19/h2-13H,14-15H2,1H3,(H,27,32)(H,28,33). The molecule has 9 nitrogen and oxygen atoms in total. The number of ether oxygens (including phenoxy) is 1. The molecular weight excluding hydrogens is 488 g/mol. The third-order valence-corrected chi connectivity index (χ3v) is 6.04. The fraction of sp³-hybridized carbons (Fsp3) is 0.125. The smallest absolute Gasteiger partial charge is 0.248 e. The van der Waals surface area contributed by atoms with E-state index in [9.17, 15) is 9.59 Å². The Morgan fingerprint density at radius 3 is 2.31 bits per heavy atom. The van der Waals surface area contributed by atoms with Crippen LogP contribution in [-0.4, -0.2) is 44.4 Å². The number of halogens is 1. The number of thioether (sulfide) groups is 1.